The monoisotopic (exact) mass is 298 g/mol. The van der Waals surface area contributed by atoms with Crippen molar-refractivity contribution in [2.75, 3.05) is 11.9 Å². The molecule has 2 aromatic rings. The van der Waals surface area contributed by atoms with E-state index in [2.05, 4.69) is 10.5 Å². The van der Waals surface area contributed by atoms with Crippen molar-refractivity contribution in [3.8, 4) is 5.75 Å². The zero-order chi connectivity index (χ0) is 15.9. The summed E-state index contributed by atoms with van der Waals surface area (Å²) in [5, 5.41) is 14.9. The lowest BCUT2D eigenvalue weighted by Gasteiger charge is -2.10. The number of carbonyl (C=O) groups is 1. The molecular formula is C17H18N2O3. The molecule has 22 heavy (non-hydrogen) atoms. The van der Waals surface area contributed by atoms with Gasteiger partial charge in [-0.2, -0.15) is 0 Å². The minimum absolute atomic E-state index is 0.235. The molecule has 0 saturated heterocycles. The van der Waals surface area contributed by atoms with Crippen LogP contribution in [0, 0.1) is 0 Å². The van der Waals surface area contributed by atoms with Gasteiger partial charge in [0.2, 0.25) is 0 Å². The number of para-hydroxylation sites is 1. The van der Waals surface area contributed by atoms with E-state index in [9.17, 15) is 4.79 Å². The van der Waals surface area contributed by atoms with E-state index in [0.717, 1.165) is 5.75 Å². The number of hydrogen-bond acceptors (Lipinski definition) is 4. The summed E-state index contributed by atoms with van der Waals surface area (Å²) in [6, 6.07) is 14.1. The normalized spacial score (nSPS) is 11.1. The number of nitrogens with zero attached hydrogens (tertiary/aromatic N) is 1. The topological polar surface area (TPSA) is 70.9 Å². The highest BCUT2D eigenvalue weighted by Gasteiger charge is 2.10. The van der Waals surface area contributed by atoms with Crippen molar-refractivity contribution in [3.63, 3.8) is 0 Å². The Bertz CT molecular complexity index is 679. The molecule has 0 heterocycles. The first-order chi connectivity index (χ1) is 10.7. The van der Waals surface area contributed by atoms with Crippen LogP contribution in [0.2, 0.25) is 0 Å². The van der Waals surface area contributed by atoms with Crippen LogP contribution in [0.15, 0.2) is 53.7 Å². The van der Waals surface area contributed by atoms with Crippen LogP contribution in [0.4, 0.5) is 5.69 Å². The van der Waals surface area contributed by atoms with Crippen molar-refractivity contribution in [1.82, 2.24) is 0 Å². The van der Waals surface area contributed by atoms with Crippen LogP contribution in [0.1, 0.15) is 29.8 Å². The number of hydrogen-bond donors (Lipinski definition) is 2. The molecule has 2 rings (SSSR count). The predicted octanol–water partition coefficient (Wildman–Crippen LogP) is 3.54. The van der Waals surface area contributed by atoms with Gasteiger partial charge in [-0.25, -0.2) is 0 Å². The number of amides is 1. The molecule has 1 amide bonds. The molecule has 0 bridgehead atoms. The molecule has 2 N–H and O–H groups in total. The predicted molar refractivity (Wildman–Crippen MR) is 86.0 cm³/mol. The number of anilines is 1. The van der Waals surface area contributed by atoms with E-state index in [-0.39, 0.29) is 5.91 Å². The van der Waals surface area contributed by atoms with Crippen LogP contribution in [-0.2, 0) is 0 Å². The maximum atomic E-state index is 12.3. The van der Waals surface area contributed by atoms with Crippen LogP contribution in [0.25, 0.3) is 0 Å². The smallest absolute Gasteiger partial charge is 0.255 e. The number of nitrogens with one attached hydrogen (secondary N) is 1. The molecule has 5 heteroatoms. The van der Waals surface area contributed by atoms with Crippen molar-refractivity contribution in [2.45, 2.75) is 13.8 Å². The van der Waals surface area contributed by atoms with E-state index in [1.807, 2.05) is 19.1 Å². The fraction of sp³-hybridized carbons (Fsp3) is 0.176. The lowest BCUT2D eigenvalue weighted by molar-refractivity contribution is 0.102. The van der Waals surface area contributed by atoms with E-state index in [0.29, 0.717) is 29.1 Å². The maximum Gasteiger partial charge on any atom is 0.255 e. The minimum atomic E-state index is -0.235. The summed E-state index contributed by atoms with van der Waals surface area (Å²) in [6.45, 7) is 4.16. The second-order valence-electron chi connectivity index (χ2n) is 4.64. The minimum Gasteiger partial charge on any atom is -0.494 e. The molecule has 0 unspecified atom stereocenters. The number of carbonyl (C=O) groups excluding carboxylic acids is 1. The zero-order valence-corrected chi connectivity index (χ0v) is 12.5. The Kier molecular flexibility index (Phi) is 5.14. The molecule has 0 aromatic heterocycles. The highest BCUT2D eigenvalue weighted by molar-refractivity contribution is 6.10. The van der Waals surface area contributed by atoms with Crippen LogP contribution in [0.3, 0.4) is 0 Å². The number of rotatable bonds is 5. The average Bonchev–Trinajstić information content (AvgIpc) is 2.55. The molecular weight excluding hydrogens is 280 g/mol. The maximum absolute atomic E-state index is 12.3. The van der Waals surface area contributed by atoms with Gasteiger partial charge in [0.25, 0.3) is 5.91 Å². The van der Waals surface area contributed by atoms with Crippen LogP contribution in [-0.4, -0.2) is 23.4 Å². The number of oxime groups is 1. The second kappa shape index (κ2) is 7.26. The highest BCUT2D eigenvalue weighted by Crippen LogP contribution is 2.18. The fourth-order valence-corrected chi connectivity index (χ4v) is 2.03. The Morgan fingerprint density at radius 3 is 2.50 bits per heavy atom. The molecule has 0 aliphatic rings. The Morgan fingerprint density at radius 2 is 1.86 bits per heavy atom. The van der Waals surface area contributed by atoms with Crippen LogP contribution >= 0.6 is 0 Å². The van der Waals surface area contributed by atoms with Crippen molar-refractivity contribution >= 4 is 17.3 Å². The van der Waals surface area contributed by atoms with Gasteiger partial charge in [-0.05, 0) is 44.2 Å². The van der Waals surface area contributed by atoms with Gasteiger partial charge >= 0.3 is 0 Å². The first-order valence-corrected chi connectivity index (χ1v) is 6.98. The molecule has 2 aromatic carbocycles. The van der Waals surface area contributed by atoms with E-state index in [1.165, 1.54) is 0 Å². The van der Waals surface area contributed by atoms with Crippen molar-refractivity contribution in [3.05, 3.63) is 59.7 Å². The Balaban J connectivity index is 2.19. The van der Waals surface area contributed by atoms with Gasteiger partial charge in [-0.15, -0.1) is 0 Å². The van der Waals surface area contributed by atoms with E-state index >= 15 is 0 Å². The van der Waals surface area contributed by atoms with E-state index < -0.39 is 0 Å². The summed E-state index contributed by atoms with van der Waals surface area (Å²) < 4.78 is 5.35. The Hall–Kier alpha value is -2.82. The average molecular weight is 298 g/mol. The third kappa shape index (κ3) is 3.63. The summed E-state index contributed by atoms with van der Waals surface area (Å²) in [7, 11) is 0. The lowest BCUT2D eigenvalue weighted by atomic mass is 10.1. The van der Waals surface area contributed by atoms with E-state index in [4.69, 9.17) is 9.94 Å². The zero-order valence-electron chi connectivity index (χ0n) is 12.5. The third-order valence-corrected chi connectivity index (χ3v) is 3.14. The standard InChI is InChI=1S/C17H18N2O3/c1-3-22-14-10-8-13(9-11-14)17(20)18-16-7-5-4-6-15(16)12(2)19-21/h4-11,21H,3H2,1-2H3,(H,18,20)/b19-12+. The third-order valence-electron chi connectivity index (χ3n) is 3.14. The van der Waals surface area contributed by atoms with Crippen molar-refractivity contribution < 1.29 is 14.7 Å². The van der Waals surface area contributed by atoms with Crippen LogP contribution < -0.4 is 10.1 Å². The molecule has 0 saturated carbocycles. The SMILES string of the molecule is CCOc1ccc(C(=O)Nc2ccccc2/C(C)=N/O)cc1. The highest BCUT2D eigenvalue weighted by atomic mass is 16.5. The largest absolute Gasteiger partial charge is 0.494 e. The van der Waals surface area contributed by atoms with Gasteiger partial charge < -0.3 is 15.3 Å². The summed E-state index contributed by atoms with van der Waals surface area (Å²) in [6.07, 6.45) is 0. The molecule has 0 radical (unpaired) electrons. The van der Waals surface area contributed by atoms with Gasteiger partial charge in [0.05, 0.1) is 18.0 Å². The van der Waals surface area contributed by atoms with Gasteiger partial charge in [0, 0.05) is 11.1 Å². The van der Waals surface area contributed by atoms with Crippen LogP contribution in [0.5, 0.6) is 5.75 Å². The van der Waals surface area contributed by atoms with Crippen molar-refractivity contribution in [2.24, 2.45) is 5.16 Å². The molecule has 0 aliphatic carbocycles. The van der Waals surface area contributed by atoms with Gasteiger partial charge in [0.1, 0.15) is 5.75 Å². The van der Waals surface area contributed by atoms with E-state index in [1.54, 1.807) is 43.3 Å². The second-order valence-corrected chi connectivity index (χ2v) is 4.64. The summed E-state index contributed by atoms with van der Waals surface area (Å²) >= 11 is 0. The van der Waals surface area contributed by atoms with Gasteiger partial charge in [0.15, 0.2) is 0 Å². The van der Waals surface area contributed by atoms with Crippen molar-refractivity contribution in [1.29, 1.82) is 0 Å². The number of benzene rings is 2. The fourth-order valence-electron chi connectivity index (χ4n) is 2.03. The Morgan fingerprint density at radius 1 is 1.18 bits per heavy atom. The van der Waals surface area contributed by atoms with Gasteiger partial charge in [-0.1, -0.05) is 23.4 Å². The summed E-state index contributed by atoms with van der Waals surface area (Å²) in [5.74, 6) is 0.490. The molecule has 0 fully saturated rings. The number of ether oxygens (including phenoxy) is 1. The molecule has 0 spiro atoms. The summed E-state index contributed by atoms with van der Waals surface area (Å²) in [4.78, 5) is 12.3. The Labute approximate surface area is 129 Å². The molecule has 5 nitrogen and oxygen atoms in total. The first kappa shape index (κ1) is 15.6. The molecule has 0 atom stereocenters. The quantitative estimate of drug-likeness (QED) is 0.504. The van der Waals surface area contributed by atoms with Gasteiger partial charge in [-0.3, -0.25) is 4.79 Å². The molecule has 0 aliphatic heterocycles. The molecule has 114 valence electrons. The summed E-state index contributed by atoms with van der Waals surface area (Å²) in [5.41, 5.74) is 2.22. The lowest BCUT2D eigenvalue weighted by Crippen LogP contribution is -2.14. The first-order valence-electron chi connectivity index (χ1n) is 6.98.